The van der Waals surface area contributed by atoms with Crippen LogP contribution >= 0.6 is 0 Å². The minimum atomic E-state index is -0.409. The highest BCUT2D eigenvalue weighted by Gasteiger charge is 2.43. The lowest BCUT2D eigenvalue weighted by Crippen LogP contribution is -2.39. The molecular weight excluding hydrogens is 517 g/mol. The molecule has 0 spiro atoms. The number of allylic oxidation sites excluding steroid dienone is 4. The highest BCUT2D eigenvalue weighted by molar-refractivity contribution is 6.06. The Bertz CT molecular complexity index is 1480. The molecule has 1 heterocycles. The van der Waals surface area contributed by atoms with Gasteiger partial charge in [0.2, 0.25) is 0 Å². The van der Waals surface area contributed by atoms with Gasteiger partial charge in [-0.1, -0.05) is 48.5 Å². The fraction of sp³-hybridized carbons (Fsp3) is 0.314. The topological polar surface area (TPSA) is 55.8 Å². The van der Waals surface area contributed by atoms with Gasteiger partial charge in [0.15, 0.2) is 23.1 Å². The summed E-state index contributed by atoms with van der Waals surface area (Å²) in [6.07, 6.45) is 5.13. The largest absolute Gasteiger partial charge is 0.493 e. The summed E-state index contributed by atoms with van der Waals surface area (Å²) in [6.45, 7) is 1.01. The summed E-state index contributed by atoms with van der Waals surface area (Å²) in [5.74, 6) is 0.636. The van der Waals surface area contributed by atoms with E-state index in [1.165, 1.54) is 17.7 Å². The van der Waals surface area contributed by atoms with Crippen LogP contribution in [0.4, 0.5) is 4.39 Å². The number of benzene rings is 3. The number of hydrogen-bond donors (Lipinski definition) is 0. The second-order valence-corrected chi connectivity index (χ2v) is 10.9. The summed E-state index contributed by atoms with van der Waals surface area (Å²) < 4.78 is 25.1. The molecule has 0 N–H and O–H groups in total. The van der Waals surface area contributed by atoms with E-state index in [4.69, 9.17) is 9.47 Å². The minimum Gasteiger partial charge on any atom is -0.493 e. The second kappa shape index (κ2) is 11.7. The van der Waals surface area contributed by atoms with Gasteiger partial charge in [-0.2, -0.15) is 0 Å². The van der Waals surface area contributed by atoms with Crippen molar-refractivity contribution in [3.05, 3.63) is 118 Å². The Balaban J connectivity index is 1.37. The van der Waals surface area contributed by atoms with E-state index in [0.717, 1.165) is 72.3 Å². The molecule has 0 saturated heterocycles. The van der Waals surface area contributed by atoms with E-state index in [-0.39, 0.29) is 24.0 Å². The van der Waals surface area contributed by atoms with Crippen molar-refractivity contribution >= 4 is 11.6 Å². The van der Waals surface area contributed by atoms with Crippen LogP contribution in [0.5, 0.6) is 11.5 Å². The third-order valence-corrected chi connectivity index (χ3v) is 8.38. The lowest BCUT2D eigenvalue weighted by molar-refractivity contribution is -0.117. The Morgan fingerprint density at radius 3 is 2.07 bits per heavy atom. The molecule has 1 aliphatic heterocycles. The SMILES string of the molecule is COc1cc(C2C3=C(CCCC3=O)N(CCc3ccccc3)C3=C2C(=O)CCC3)ccc1OCc1ccc(F)cc1. The van der Waals surface area contributed by atoms with Crippen LogP contribution in [0.25, 0.3) is 0 Å². The van der Waals surface area contributed by atoms with Crippen molar-refractivity contribution in [1.29, 1.82) is 0 Å². The highest BCUT2D eigenvalue weighted by atomic mass is 19.1. The first-order valence-corrected chi connectivity index (χ1v) is 14.4. The average Bonchev–Trinajstić information content (AvgIpc) is 3.00. The average molecular weight is 552 g/mol. The first kappa shape index (κ1) is 27.0. The number of carbonyl (C=O) groups is 2. The second-order valence-electron chi connectivity index (χ2n) is 10.9. The Kier molecular flexibility index (Phi) is 7.73. The third-order valence-electron chi connectivity index (χ3n) is 8.38. The Labute approximate surface area is 240 Å². The molecule has 0 aromatic heterocycles. The Morgan fingerprint density at radius 1 is 0.780 bits per heavy atom. The van der Waals surface area contributed by atoms with Crippen LogP contribution in [-0.2, 0) is 22.6 Å². The lowest BCUT2D eigenvalue weighted by atomic mass is 9.71. The number of rotatable bonds is 8. The van der Waals surface area contributed by atoms with E-state index in [1.54, 1.807) is 19.2 Å². The monoisotopic (exact) mass is 551 g/mol. The van der Waals surface area contributed by atoms with Crippen molar-refractivity contribution in [2.45, 2.75) is 57.5 Å². The van der Waals surface area contributed by atoms with Gasteiger partial charge < -0.3 is 14.4 Å². The number of carbonyl (C=O) groups excluding carboxylic acids is 2. The highest BCUT2D eigenvalue weighted by Crippen LogP contribution is 2.50. The number of methoxy groups -OCH3 is 1. The smallest absolute Gasteiger partial charge is 0.161 e. The summed E-state index contributed by atoms with van der Waals surface area (Å²) in [5, 5.41) is 0. The van der Waals surface area contributed by atoms with Crippen molar-refractivity contribution in [3.63, 3.8) is 0 Å². The molecule has 0 bridgehead atoms. The van der Waals surface area contributed by atoms with Gasteiger partial charge in [-0.05, 0) is 73.1 Å². The van der Waals surface area contributed by atoms with Crippen molar-refractivity contribution in [1.82, 2.24) is 4.90 Å². The standard InChI is InChI=1S/C35H34FNO4/c1-40-32-21-25(15-18-31(32)41-22-24-13-16-26(36)17-14-24)33-34-27(9-5-11-29(34)38)37(20-19-23-7-3-2-4-8-23)28-10-6-12-30(39)35(28)33/h2-4,7-8,13-18,21,33H,5-6,9-12,19-20,22H2,1H3. The molecule has 6 heteroatoms. The summed E-state index contributed by atoms with van der Waals surface area (Å²) in [4.78, 5) is 29.5. The van der Waals surface area contributed by atoms with Crippen LogP contribution in [0.2, 0.25) is 0 Å². The zero-order valence-electron chi connectivity index (χ0n) is 23.3. The lowest BCUT2D eigenvalue weighted by Gasteiger charge is -2.44. The molecule has 0 radical (unpaired) electrons. The molecule has 3 aromatic rings. The molecule has 5 nitrogen and oxygen atoms in total. The quantitative estimate of drug-likeness (QED) is 0.300. The van der Waals surface area contributed by atoms with Crippen LogP contribution in [0.3, 0.4) is 0 Å². The van der Waals surface area contributed by atoms with Crippen LogP contribution < -0.4 is 9.47 Å². The fourth-order valence-electron chi connectivity index (χ4n) is 6.43. The molecule has 6 rings (SSSR count). The van der Waals surface area contributed by atoms with Gasteiger partial charge in [0, 0.05) is 47.8 Å². The molecule has 210 valence electrons. The van der Waals surface area contributed by atoms with Gasteiger partial charge in [-0.15, -0.1) is 0 Å². The predicted molar refractivity (Wildman–Crippen MR) is 155 cm³/mol. The number of ether oxygens (including phenoxy) is 2. The maximum atomic E-state index is 13.6. The maximum absolute atomic E-state index is 13.6. The maximum Gasteiger partial charge on any atom is 0.161 e. The van der Waals surface area contributed by atoms with Crippen molar-refractivity contribution in [2.75, 3.05) is 13.7 Å². The Morgan fingerprint density at radius 2 is 1.44 bits per heavy atom. The molecule has 2 aliphatic carbocycles. The molecule has 0 unspecified atom stereocenters. The van der Waals surface area contributed by atoms with E-state index in [0.29, 0.717) is 24.3 Å². The molecule has 41 heavy (non-hydrogen) atoms. The molecule has 3 aromatic carbocycles. The van der Waals surface area contributed by atoms with E-state index in [1.807, 2.05) is 36.4 Å². The van der Waals surface area contributed by atoms with Gasteiger partial charge in [-0.3, -0.25) is 9.59 Å². The number of halogens is 1. The molecule has 0 atom stereocenters. The summed E-state index contributed by atoms with van der Waals surface area (Å²) >= 11 is 0. The van der Waals surface area contributed by atoms with E-state index < -0.39 is 5.92 Å². The van der Waals surface area contributed by atoms with Crippen molar-refractivity contribution in [3.8, 4) is 11.5 Å². The first-order chi connectivity index (χ1) is 20.0. The molecule has 3 aliphatic rings. The first-order valence-electron chi connectivity index (χ1n) is 14.4. The van der Waals surface area contributed by atoms with E-state index >= 15 is 0 Å². The summed E-state index contributed by atoms with van der Waals surface area (Å²) in [7, 11) is 1.59. The van der Waals surface area contributed by atoms with Crippen LogP contribution in [0, 0.1) is 5.82 Å². The van der Waals surface area contributed by atoms with Crippen LogP contribution in [-0.4, -0.2) is 30.1 Å². The van der Waals surface area contributed by atoms with Crippen molar-refractivity contribution < 1.29 is 23.5 Å². The van der Waals surface area contributed by atoms with Gasteiger partial charge in [0.25, 0.3) is 0 Å². The van der Waals surface area contributed by atoms with Crippen molar-refractivity contribution in [2.24, 2.45) is 0 Å². The molecule has 0 saturated carbocycles. The van der Waals surface area contributed by atoms with Gasteiger partial charge in [0.1, 0.15) is 12.4 Å². The zero-order valence-corrected chi connectivity index (χ0v) is 23.3. The number of nitrogens with zero attached hydrogens (tertiary/aromatic N) is 1. The van der Waals surface area contributed by atoms with E-state index in [9.17, 15) is 14.0 Å². The molecule has 0 amide bonds. The number of ketones is 2. The minimum absolute atomic E-state index is 0.126. The number of Topliss-reactive ketones (excluding diaryl/α,β-unsaturated/α-hetero) is 2. The normalized spacial score (nSPS) is 17.5. The summed E-state index contributed by atoms with van der Waals surface area (Å²) in [6, 6.07) is 22.3. The van der Waals surface area contributed by atoms with Gasteiger partial charge in [-0.25, -0.2) is 4.39 Å². The Hall–Kier alpha value is -4.19. The number of hydrogen-bond acceptors (Lipinski definition) is 5. The van der Waals surface area contributed by atoms with E-state index in [2.05, 4.69) is 17.0 Å². The third kappa shape index (κ3) is 5.43. The zero-order chi connectivity index (χ0) is 28.3. The van der Waals surface area contributed by atoms with Gasteiger partial charge in [0.05, 0.1) is 7.11 Å². The van der Waals surface area contributed by atoms with Crippen LogP contribution in [0.1, 0.15) is 61.1 Å². The summed E-state index contributed by atoms with van der Waals surface area (Å²) in [5.41, 5.74) is 6.62. The predicted octanol–water partition coefficient (Wildman–Crippen LogP) is 7.07. The van der Waals surface area contributed by atoms with Gasteiger partial charge >= 0.3 is 0 Å². The molecular formula is C35H34FNO4. The van der Waals surface area contributed by atoms with Crippen LogP contribution in [0.15, 0.2) is 95.3 Å². The fourth-order valence-corrected chi connectivity index (χ4v) is 6.43. The molecule has 0 fully saturated rings.